The second kappa shape index (κ2) is 5.55. The van der Waals surface area contributed by atoms with E-state index in [1.165, 1.54) is 0 Å². The van der Waals surface area contributed by atoms with Crippen LogP contribution in [-0.2, 0) is 0 Å². The average Bonchev–Trinajstić information content (AvgIpc) is 2.46. The highest BCUT2D eigenvalue weighted by Crippen LogP contribution is 2.31. The fourth-order valence-electron chi connectivity index (χ4n) is 1.77. The molecule has 3 nitrogen and oxygen atoms in total. The van der Waals surface area contributed by atoms with Crippen LogP contribution in [0.3, 0.4) is 0 Å². The topological polar surface area (TPSA) is 44.1 Å². The zero-order valence-electron chi connectivity index (χ0n) is 10.3. The van der Waals surface area contributed by atoms with Crippen LogP contribution in [0.25, 0.3) is 0 Å². The van der Waals surface area contributed by atoms with E-state index in [1.807, 2.05) is 24.1 Å². The van der Waals surface area contributed by atoms with Crippen molar-refractivity contribution >= 4 is 29.3 Å². The van der Waals surface area contributed by atoms with Gasteiger partial charge in [0.2, 0.25) is 0 Å². The quantitative estimate of drug-likeness (QED) is 0.797. The molecule has 2 rings (SSSR count). The van der Waals surface area contributed by atoms with Crippen molar-refractivity contribution in [2.45, 2.75) is 0 Å². The lowest BCUT2D eigenvalue weighted by molar-refractivity contribution is 0.112. The Hall–Kier alpha value is -2.31. The average molecular weight is 271 g/mol. The predicted octanol–water partition coefficient (Wildman–Crippen LogP) is 3.79. The summed E-state index contributed by atoms with van der Waals surface area (Å²) in [6, 6.07) is 14.4. The van der Waals surface area contributed by atoms with Crippen LogP contribution in [0.2, 0.25) is 5.02 Å². The van der Waals surface area contributed by atoms with Gasteiger partial charge < -0.3 is 4.90 Å². The number of nitrogens with zero attached hydrogens (tertiary/aromatic N) is 2. The molecule has 0 radical (unpaired) electrons. The van der Waals surface area contributed by atoms with Gasteiger partial charge in [-0.2, -0.15) is 5.26 Å². The summed E-state index contributed by atoms with van der Waals surface area (Å²) in [6.45, 7) is 0. The molecule has 0 unspecified atom stereocenters. The van der Waals surface area contributed by atoms with Crippen molar-refractivity contribution in [2.24, 2.45) is 0 Å². The van der Waals surface area contributed by atoms with Crippen molar-refractivity contribution < 1.29 is 4.79 Å². The summed E-state index contributed by atoms with van der Waals surface area (Å²) in [4.78, 5) is 12.6. The third-order valence-corrected chi connectivity index (χ3v) is 3.16. The molecule has 0 aliphatic heterocycles. The van der Waals surface area contributed by atoms with Crippen LogP contribution in [0.4, 0.5) is 11.4 Å². The van der Waals surface area contributed by atoms with Gasteiger partial charge in [0.25, 0.3) is 0 Å². The number of nitriles is 1. The van der Waals surface area contributed by atoms with Gasteiger partial charge >= 0.3 is 0 Å². The molecule has 0 saturated heterocycles. The van der Waals surface area contributed by atoms with Gasteiger partial charge in [0.1, 0.15) is 6.29 Å². The third-order valence-electron chi connectivity index (χ3n) is 2.85. The maximum absolute atomic E-state index is 10.7. The highest BCUT2D eigenvalue weighted by molar-refractivity contribution is 6.33. The molecule has 0 atom stereocenters. The van der Waals surface area contributed by atoms with Crippen LogP contribution in [0.1, 0.15) is 15.9 Å². The van der Waals surface area contributed by atoms with E-state index < -0.39 is 0 Å². The maximum Gasteiger partial charge on any atom is 0.150 e. The van der Waals surface area contributed by atoms with Gasteiger partial charge in [0.15, 0.2) is 0 Å². The van der Waals surface area contributed by atoms with E-state index in [-0.39, 0.29) is 0 Å². The number of aldehydes is 1. The Kier molecular flexibility index (Phi) is 3.84. The Morgan fingerprint density at radius 2 is 1.89 bits per heavy atom. The van der Waals surface area contributed by atoms with Gasteiger partial charge in [-0.05, 0) is 42.5 Å². The highest BCUT2D eigenvalue weighted by atomic mass is 35.5. The van der Waals surface area contributed by atoms with Crippen LogP contribution in [-0.4, -0.2) is 13.3 Å². The molecule has 0 aliphatic carbocycles. The van der Waals surface area contributed by atoms with Crippen molar-refractivity contribution in [3.8, 4) is 6.07 Å². The second-order valence-corrected chi connectivity index (χ2v) is 4.45. The number of rotatable bonds is 3. The molecular formula is C15H11ClN2O. The summed E-state index contributed by atoms with van der Waals surface area (Å²) >= 11 is 6.16. The van der Waals surface area contributed by atoms with E-state index >= 15 is 0 Å². The number of carbonyl (C=O) groups is 1. The van der Waals surface area contributed by atoms with Crippen LogP contribution in [0.5, 0.6) is 0 Å². The second-order valence-electron chi connectivity index (χ2n) is 4.05. The van der Waals surface area contributed by atoms with E-state index in [0.717, 1.165) is 17.7 Å². The summed E-state index contributed by atoms with van der Waals surface area (Å²) in [5.74, 6) is 0. The minimum Gasteiger partial charge on any atom is -0.343 e. The van der Waals surface area contributed by atoms with E-state index in [0.29, 0.717) is 16.1 Å². The zero-order chi connectivity index (χ0) is 13.8. The first-order valence-corrected chi connectivity index (χ1v) is 6.02. The SMILES string of the molecule is CN(c1ccc(C#N)cc1)c1ccc(C=O)cc1Cl. The largest absolute Gasteiger partial charge is 0.343 e. The third kappa shape index (κ3) is 2.75. The zero-order valence-corrected chi connectivity index (χ0v) is 11.1. The molecule has 0 spiro atoms. The maximum atomic E-state index is 10.7. The van der Waals surface area contributed by atoms with E-state index in [9.17, 15) is 4.79 Å². The Bertz CT molecular complexity index is 644. The molecule has 94 valence electrons. The molecular weight excluding hydrogens is 260 g/mol. The fourth-order valence-corrected chi connectivity index (χ4v) is 2.08. The predicted molar refractivity (Wildman–Crippen MR) is 76.1 cm³/mol. The summed E-state index contributed by atoms with van der Waals surface area (Å²) < 4.78 is 0. The molecule has 0 fully saturated rings. The van der Waals surface area contributed by atoms with Crippen molar-refractivity contribution in [1.29, 1.82) is 5.26 Å². The molecule has 2 aromatic rings. The highest BCUT2D eigenvalue weighted by Gasteiger charge is 2.08. The van der Waals surface area contributed by atoms with E-state index in [2.05, 4.69) is 6.07 Å². The monoisotopic (exact) mass is 270 g/mol. The van der Waals surface area contributed by atoms with Crippen LogP contribution < -0.4 is 4.90 Å². The van der Waals surface area contributed by atoms with Gasteiger partial charge in [0, 0.05) is 18.3 Å². The lowest BCUT2D eigenvalue weighted by Crippen LogP contribution is -2.10. The standard InChI is InChI=1S/C15H11ClN2O/c1-18(13-5-2-11(9-17)3-6-13)15-7-4-12(10-19)8-14(15)16/h2-8,10H,1H3. The van der Waals surface area contributed by atoms with Crippen molar-refractivity contribution in [1.82, 2.24) is 0 Å². The Morgan fingerprint density at radius 1 is 1.21 bits per heavy atom. The number of hydrogen-bond donors (Lipinski definition) is 0. The number of hydrogen-bond acceptors (Lipinski definition) is 3. The van der Waals surface area contributed by atoms with Crippen molar-refractivity contribution in [2.75, 3.05) is 11.9 Å². The number of benzene rings is 2. The van der Waals surface area contributed by atoms with Gasteiger partial charge in [-0.1, -0.05) is 11.6 Å². The van der Waals surface area contributed by atoms with Crippen molar-refractivity contribution in [3.63, 3.8) is 0 Å². The van der Waals surface area contributed by atoms with Gasteiger partial charge in [0.05, 0.1) is 22.3 Å². The Balaban J connectivity index is 2.35. The van der Waals surface area contributed by atoms with Gasteiger partial charge in [-0.15, -0.1) is 0 Å². The number of halogens is 1. The molecule has 4 heteroatoms. The molecule has 0 aliphatic rings. The first-order valence-electron chi connectivity index (χ1n) is 5.64. The summed E-state index contributed by atoms with van der Waals surface area (Å²) in [6.07, 6.45) is 0.761. The van der Waals surface area contributed by atoms with Crippen LogP contribution in [0, 0.1) is 11.3 Å². The van der Waals surface area contributed by atoms with Crippen LogP contribution in [0.15, 0.2) is 42.5 Å². The smallest absolute Gasteiger partial charge is 0.150 e. The molecule has 19 heavy (non-hydrogen) atoms. The first kappa shape index (κ1) is 13.1. The Morgan fingerprint density at radius 3 is 2.42 bits per heavy atom. The molecule has 0 aromatic heterocycles. The summed E-state index contributed by atoms with van der Waals surface area (Å²) in [5, 5.41) is 9.28. The lowest BCUT2D eigenvalue weighted by atomic mass is 10.1. The van der Waals surface area contributed by atoms with E-state index in [1.54, 1.807) is 30.3 Å². The number of carbonyl (C=O) groups excluding carboxylic acids is 1. The first-order chi connectivity index (χ1) is 9.15. The normalized spacial score (nSPS) is 9.74. The molecule has 0 bridgehead atoms. The van der Waals surface area contributed by atoms with Gasteiger partial charge in [-0.3, -0.25) is 4.79 Å². The summed E-state index contributed by atoms with van der Waals surface area (Å²) in [7, 11) is 1.88. The molecule has 0 saturated carbocycles. The molecule has 0 heterocycles. The fraction of sp³-hybridized carbons (Fsp3) is 0.0667. The molecule has 0 amide bonds. The van der Waals surface area contributed by atoms with Crippen molar-refractivity contribution in [3.05, 3.63) is 58.6 Å². The summed E-state index contributed by atoms with van der Waals surface area (Å²) in [5.41, 5.74) is 2.87. The van der Waals surface area contributed by atoms with E-state index in [4.69, 9.17) is 16.9 Å². The minimum absolute atomic E-state index is 0.511. The minimum atomic E-state index is 0.511. The number of anilines is 2. The molecule has 2 aromatic carbocycles. The Labute approximate surface area is 116 Å². The van der Waals surface area contributed by atoms with Gasteiger partial charge in [-0.25, -0.2) is 0 Å². The molecule has 0 N–H and O–H groups in total. The lowest BCUT2D eigenvalue weighted by Gasteiger charge is -2.21. The van der Waals surface area contributed by atoms with Crippen LogP contribution >= 0.6 is 11.6 Å².